The summed E-state index contributed by atoms with van der Waals surface area (Å²) in [5, 5.41) is 12.6. The second-order valence-corrected chi connectivity index (χ2v) is 20.7. The van der Waals surface area contributed by atoms with Gasteiger partial charge in [0, 0.05) is 28.5 Å². The van der Waals surface area contributed by atoms with Crippen molar-refractivity contribution >= 4 is 11.0 Å². The summed E-state index contributed by atoms with van der Waals surface area (Å²) in [6.07, 6.45) is 2.91. The third-order valence-electron chi connectivity index (χ3n) is 13.5. The van der Waals surface area contributed by atoms with Crippen LogP contribution in [0.2, 0.25) is 0 Å². The maximum absolute atomic E-state index is 12.6. The van der Waals surface area contributed by atoms with Crippen molar-refractivity contribution in [3.63, 3.8) is 0 Å². The van der Waals surface area contributed by atoms with Crippen LogP contribution in [0.25, 0.3) is 83.9 Å². The lowest BCUT2D eigenvalue weighted by Crippen LogP contribution is -2.17. The molecule has 2 aromatic heterocycles. The fourth-order valence-electron chi connectivity index (χ4n) is 9.01. The van der Waals surface area contributed by atoms with Gasteiger partial charge in [0.25, 0.3) is 0 Å². The summed E-state index contributed by atoms with van der Waals surface area (Å²) in [6.45, 7) is 22.2. The van der Waals surface area contributed by atoms with Crippen LogP contribution in [0.5, 0.6) is 5.75 Å². The van der Waals surface area contributed by atoms with Gasteiger partial charge in [-0.15, -0.1) is 0 Å². The Bertz CT molecular complexity index is 3220. The number of rotatable bonds is 9. The largest absolute Gasteiger partial charge is 0.507 e. The predicted octanol–water partition coefficient (Wildman–Crippen LogP) is 16.7. The molecule has 9 aromatic rings. The average Bonchev–Trinajstić information content (AvgIpc) is 3.71. The van der Waals surface area contributed by atoms with E-state index in [2.05, 4.69) is 238 Å². The van der Waals surface area contributed by atoms with Crippen LogP contribution < -0.4 is 0 Å². The number of pyridine rings is 1. The molecule has 2 heterocycles. The summed E-state index contributed by atoms with van der Waals surface area (Å²) in [5.74, 6) is 0.949. The van der Waals surface area contributed by atoms with E-state index in [1.54, 1.807) is 0 Å². The third kappa shape index (κ3) is 8.49. The van der Waals surface area contributed by atoms with Crippen molar-refractivity contribution in [2.45, 2.75) is 91.9 Å². The van der Waals surface area contributed by atoms with Crippen molar-refractivity contribution in [3.8, 4) is 78.6 Å². The smallest absolute Gasteiger partial charge is 0.149 e. The van der Waals surface area contributed by atoms with Gasteiger partial charge in [-0.25, -0.2) is 4.98 Å². The quantitative estimate of drug-likeness (QED) is 0.157. The number of phenols is 1. The Kier molecular flexibility index (Phi) is 11.4. The number of imidazole rings is 1. The Morgan fingerprint density at radius 3 is 1.80 bits per heavy atom. The zero-order valence-corrected chi connectivity index (χ0v) is 40.2. The molecule has 0 spiro atoms. The second kappa shape index (κ2) is 17.1. The summed E-state index contributed by atoms with van der Waals surface area (Å²) >= 11 is 0. The summed E-state index contributed by atoms with van der Waals surface area (Å²) in [6, 6.07) is 58.8. The molecule has 9 rings (SSSR count). The van der Waals surface area contributed by atoms with Gasteiger partial charge >= 0.3 is 0 Å². The Balaban J connectivity index is 1.36. The van der Waals surface area contributed by atoms with E-state index in [0.717, 1.165) is 90.0 Å². The Labute approximate surface area is 391 Å². The second-order valence-electron chi connectivity index (χ2n) is 20.7. The van der Waals surface area contributed by atoms with Crippen LogP contribution in [-0.4, -0.2) is 19.6 Å². The molecule has 0 amide bonds. The number of fused-ring (bicyclic) bond motifs is 1. The highest BCUT2D eigenvalue weighted by Crippen LogP contribution is 2.46. The van der Waals surface area contributed by atoms with Crippen molar-refractivity contribution in [2.24, 2.45) is 0 Å². The van der Waals surface area contributed by atoms with Crippen LogP contribution in [0, 0.1) is 6.92 Å². The van der Waals surface area contributed by atoms with Gasteiger partial charge in [-0.1, -0.05) is 177 Å². The maximum atomic E-state index is 12.6. The number of benzene rings is 7. The zero-order valence-electron chi connectivity index (χ0n) is 40.2. The molecule has 4 nitrogen and oxygen atoms in total. The fourth-order valence-corrected chi connectivity index (χ4v) is 9.01. The van der Waals surface area contributed by atoms with Crippen LogP contribution in [0.4, 0.5) is 0 Å². The normalized spacial score (nSPS) is 12.2. The first-order chi connectivity index (χ1) is 31.5. The number of aromatic hydroxyl groups is 1. The topological polar surface area (TPSA) is 50.9 Å². The number of hydrogen-bond acceptors (Lipinski definition) is 3. The fraction of sp³-hybridized carbons (Fsp3) is 0.226. The molecule has 66 heavy (non-hydrogen) atoms. The summed E-state index contributed by atoms with van der Waals surface area (Å²) in [7, 11) is 0. The Hall–Kier alpha value is -7.04. The molecular formula is C62H61N3O. The molecule has 330 valence electrons. The molecule has 0 saturated heterocycles. The van der Waals surface area contributed by atoms with E-state index in [1.807, 2.05) is 6.20 Å². The molecule has 1 N–H and O–H groups in total. The first kappa shape index (κ1) is 44.2. The maximum Gasteiger partial charge on any atom is 0.149 e. The van der Waals surface area contributed by atoms with Gasteiger partial charge in [-0.05, 0) is 129 Å². The molecule has 0 fully saturated rings. The molecule has 7 aromatic carbocycles. The van der Waals surface area contributed by atoms with E-state index in [0.29, 0.717) is 11.4 Å². The highest BCUT2D eigenvalue weighted by atomic mass is 16.3. The number of aromatic nitrogens is 3. The van der Waals surface area contributed by atoms with Crippen molar-refractivity contribution < 1.29 is 5.11 Å². The minimum Gasteiger partial charge on any atom is -0.507 e. The van der Waals surface area contributed by atoms with E-state index >= 15 is 0 Å². The highest BCUT2D eigenvalue weighted by molar-refractivity contribution is 5.98. The lowest BCUT2D eigenvalue weighted by molar-refractivity contribution is 0.446. The Morgan fingerprint density at radius 1 is 0.500 bits per heavy atom. The number of hydrogen-bond donors (Lipinski definition) is 1. The molecule has 0 aliphatic carbocycles. The van der Waals surface area contributed by atoms with E-state index in [-0.39, 0.29) is 22.0 Å². The van der Waals surface area contributed by atoms with Gasteiger partial charge in [0.05, 0.1) is 28.0 Å². The average molecular weight is 864 g/mol. The Morgan fingerprint density at radius 2 is 1.14 bits per heavy atom. The monoisotopic (exact) mass is 863 g/mol. The van der Waals surface area contributed by atoms with E-state index < -0.39 is 0 Å². The molecule has 4 heteroatoms. The van der Waals surface area contributed by atoms with Crippen molar-refractivity contribution in [3.05, 3.63) is 192 Å². The van der Waals surface area contributed by atoms with E-state index in [1.165, 1.54) is 11.1 Å². The van der Waals surface area contributed by atoms with Gasteiger partial charge in [-0.2, -0.15) is 0 Å². The van der Waals surface area contributed by atoms with Crippen molar-refractivity contribution in [2.75, 3.05) is 0 Å². The molecule has 0 radical (unpaired) electrons. The number of nitrogens with zero attached hydrogens (tertiary/aromatic N) is 3. The summed E-state index contributed by atoms with van der Waals surface area (Å²) in [4.78, 5) is 10.7. The van der Waals surface area contributed by atoms with Gasteiger partial charge in [0.1, 0.15) is 11.6 Å². The lowest BCUT2D eigenvalue weighted by Gasteiger charge is -2.28. The summed E-state index contributed by atoms with van der Waals surface area (Å²) in [5.41, 5.74) is 18.1. The van der Waals surface area contributed by atoms with E-state index in [9.17, 15) is 5.11 Å². The molecular weight excluding hydrogens is 803 g/mol. The van der Waals surface area contributed by atoms with Crippen LogP contribution in [-0.2, 0) is 16.2 Å². The standard InChI is InChI=1S/C62H61N3O/c1-11-62(9,10)48-29-30-55(51(37-48)43-21-16-13-17-22-43)65-56-24-18-23-50(57(56)64-59(65)52-38-49(60(3,4)5)39-53(58(52)66)61(6,7)8)46-33-45(41-19-14-12-15-20-41)34-47(35-46)54-36-44(31-32-63-54)42-27-25-40(2)26-28-42/h12-39,66H,11H2,1-10H3. The van der Waals surface area contributed by atoms with Gasteiger partial charge < -0.3 is 5.11 Å². The van der Waals surface area contributed by atoms with Gasteiger partial charge in [-0.3, -0.25) is 9.55 Å². The van der Waals surface area contributed by atoms with Crippen molar-refractivity contribution in [1.29, 1.82) is 0 Å². The predicted molar refractivity (Wildman–Crippen MR) is 279 cm³/mol. The van der Waals surface area contributed by atoms with Crippen molar-refractivity contribution in [1.82, 2.24) is 14.5 Å². The SMILES string of the molecule is CCC(C)(C)c1ccc(-n2c(-c3cc(C(C)(C)C)cc(C(C)(C)C)c3O)nc3c(-c4cc(-c5ccccc5)cc(-c5cc(-c6ccc(C)cc6)ccn5)c4)cccc32)c(-c2ccccc2)c1. The van der Waals surface area contributed by atoms with Crippen LogP contribution >= 0.6 is 0 Å². The molecule has 0 aliphatic heterocycles. The van der Waals surface area contributed by atoms with Crippen LogP contribution in [0.1, 0.15) is 91.0 Å². The third-order valence-corrected chi connectivity index (χ3v) is 13.5. The molecule has 0 unspecified atom stereocenters. The van der Waals surface area contributed by atoms with Gasteiger partial charge in [0.2, 0.25) is 0 Å². The van der Waals surface area contributed by atoms with E-state index in [4.69, 9.17) is 9.97 Å². The minimum atomic E-state index is -0.330. The first-order valence-electron chi connectivity index (χ1n) is 23.3. The summed E-state index contributed by atoms with van der Waals surface area (Å²) < 4.78 is 2.30. The molecule has 0 atom stereocenters. The number of para-hydroxylation sites is 1. The molecule has 0 aliphatic rings. The van der Waals surface area contributed by atoms with Crippen LogP contribution in [0.15, 0.2) is 170 Å². The lowest BCUT2D eigenvalue weighted by atomic mass is 9.78. The van der Waals surface area contributed by atoms with Crippen LogP contribution in [0.3, 0.4) is 0 Å². The van der Waals surface area contributed by atoms with Gasteiger partial charge in [0.15, 0.2) is 0 Å². The number of aryl methyl sites for hydroxylation is 1. The zero-order chi connectivity index (χ0) is 46.5. The highest BCUT2D eigenvalue weighted by Gasteiger charge is 2.30. The molecule has 0 saturated carbocycles. The number of phenolic OH excluding ortho intramolecular Hbond substituents is 1. The molecule has 0 bridgehead atoms. The minimum absolute atomic E-state index is 0.0357. The first-order valence-corrected chi connectivity index (χ1v) is 23.3.